The predicted octanol–water partition coefficient (Wildman–Crippen LogP) is 1.66. The van der Waals surface area contributed by atoms with Gasteiger partial charge in [0.15, 0.2) is 5.13 Å². The monoisotopic (exact) mass is 352 g/mol. The molecule has 0 spiro atoms. The van der Waals surface area contributed by atoms with Crippen LogP contribution in [-0.2, 0) is 9.53 Å². The molecule has 1 aromatic heterocycles. The number of anilines is 1. The van der Waals surface area contributed by atoms with Crippen LogP contribution >= 0.6 is 11.3 Å². The van der Waals surface area contributed by atoms with E-state index in [2.05, 4.69) is 9.88 Å². The van der Waals surface area contributed by atoms with Crippen molar-refractivity contribution < 1.29 is 14.3 Å². The fourth-order valence-electron chi connectivity index (χ4n) is 3.31. The molecule has 0 aromatic carbocycles. The summed E-state index contributed by atoms with van der Waals surface area (Å²) in [5.74, 6) is 0.0670. The number of carbonyl (C=O) groups is 2. The first-order valence-corrected chi connectivity index (χ1v) is 9.42. The highest BCUT2D eigenvalue weighted by atomic mass is 32.1. The number of rotatable bonds is 3. The van der Waals surface area contributed by atoms with Gasteiger partial charge in [-0.05, 0) is 19.8 Å². The van der Waals surface area contributed by atoms with Crippen molar-refractivity contribution in [3.63, 3.8) is 0 Å². The van der Waals surface area contributed by atoms with Crippen molar-refractivity contribution in [2.24, 2.45) is 5.92 Å². The van der Waals surface area contributed by atoms with Gasteiger partial charge in [0, 0.05) is 50.8 Å². The molecule has 7 nitrogen and oxygen atoms in total. The van der Waals surface area contributed by atoms with Crippen LogP contribution in [0, 0.1) is 5.92 Å². The number of thiazole rings is 1. The lowest BCUT2D eigenvalue weighted by Gasteiger charge is -2.38. The van der Waals surface area contributed by atoms with Crippen molar-refractivity contribution in [3.8, 4) is 0 Å². The maximum absolute atomic E-state index is 12.8. The molecule has 2 amide bonds. The van der Waals surface area contributed by atoms with E-state index in [-0.39, 0.29) is 17.9 Å². The van der Waals surface area contributed by atoms with Crippen LogP contribution in [0.2, 0.25) is 0 Å². The second-order valence-corrected chi connectivity index (χ2v) is 6.98. The van der Waals surface area contributed by atoms with Crippen LogP contribution in [-0.4, -0.2) is 72.7 Å². The molecule has 2 aliphatic rings. The third kappa shape index (κ3) is 3.80. The normalized spacial score (nSPS) is 21.7. The number of carbonyl (C=O) groups excluding carboxylic acids is 2. The molecule has 1 unspecified atom stereocenters. The SMILES string of the molecule is CCOC(=O)N1CCCC(C(=O)N2CCN(c3nccs3)CC2)C1. The van der Waals surface area contributed by atoms with Gasteiger partial charge in [-0.1, -0.05) is 0 Å². The molecule has 3 heterocycles. The number of hydrogen-bond donors (Lipinski definition) is 0. The van der Waals surface area contributed by atoms with E-state index in [4.69, 9.17) is 4.74 Å². The zero-order chi connectivity index (χ0) is 16.9. The first-order valence-electron chi connectivity index (χ1n) is 8.54. The zero-order valence-electron chi connectivity index (χ0n) is 14.0. The topological polar surface area (TPSA) is 66.0 Å². The van der Waals surface area contributed by atoms with Crippen LogP contribution < -0.4 is 4.90 Å². The van der Waals surface area contributed by atoms with E-state index in [9.17, 15) is 9.59 Å². The molecular formula is C16H24N4O3S. The molecular weight excluding hydrogens is 328 g/mol. The second kappa shape index (κ2) is 7.83. The van der Waals surface area contributed by atoms with Crippen LogP contribution in [0.4, 0.5) is 9.93 Å². The molecule has 0 saturated carbocycles. The molecule has 0 aliphatic carbocycles. The Bertz CT molecular complexity index is 558. The highest BCUT2D eigenvalue weighted by molar-refractivity contribution is 7.13. The van der Waals surface area contributed by atoms with Gasteiger partial charge in [-0.3, -0.25) is 4.79 Å². The Balaban J connectivity index is 1.52. The highest BCUT2D eigenvalue weighted by Gasteiger charge is 2.33. The van der Waals surface area contributed by atoms with Gasteiger partial charge in [-0.15, -0.1) is 11.3 Å². The summed E-state index contributed by atoms with van der Waals surface area (Å²) in [5, 5.41) is 2.99. The lowest BCUT2D eigenvalue weighted by Crippen LogP contribution is -2.53. The summed E-state index contributed by atoms with van der Waals surface area (Å²) < 4.78 is 5.06. The molecule has 1 atom stereocenters. The summed E-state index contributed by atoms with van der Waals surface area (Å²) in [6, 6.07) is 0. The maximum atomic E-state index is 12.8. The van der Waals surface area contributed by atoms with Crippen LogP contribution in [0.15, 0.2) is 11.6 Å². The average Bonchev–Trinajstić information content (AvgIpc) is 3.16. The largest absolute Gasteiger partial charge is 0.450 e. The number of piperidine rings is 1. The predicted molar refractivity (Wildman–Crippen MR) is 92.2 cm³/mol. The molecule has 3 rings (SSSR count). The second-order valence-electron chi connectivity index (χ2n) is 6.11. The number of hydrogen-bond acceptors (Lipinski definition) is 6. The Morgan fingerprint density at radius 2 is 2.04 bits per heavy atom. The van der Waals surface area contributed by atoms with Gasteiger partial charge >= 0.3 is 6.09 Å². The summed E-state index contributed by atoms with van der Waals surface area (Å²) in [4.78, 5) is 34.8. The Hall–Kier alpha value is -1.83. The molecule has 24 heavy (non-hydrogen) atoms. The van der Waals surface area contributed by atoms with E-state index in [0.29, 0.717) is 32.8 Å². The quantitative estimate of drug-likeness (QED) is 0.828. The number of ether oxygens (including phenoxy) is 1. The number of piperazine rings is 1. The van der Waals surface area contributed by atoms with Gasteiger partial charge in [0.2, 0.25) is 5.91 Å². The van der Waals surface area contributed by atoms with Crippen LogP contribution in [0.3, 0.4) is 0 Å². The van der Waals surface area contributed by atoms with E-state index in [0.717, 1.165) is 31.1 Å². The van der Waals surface area contributed by atoms with E-state index in [1.807, 2.05) is 16.5 Å². The summed E-state index contributed by atoms with van der Waals surface area (Å²) in [6.07, 6.45) is 3.21. The van der Waals surface area contributed by atoms with Crippen LogP contribution in [0.1, 0.15) is 19.8 Å². The zero-order valence-corrected chi connectivity index (χ0v) is 14.8. The number of likely N-dealkylation sites (tertiary alicyclic amines) is 1. The van der Waals surface area contributed by atoms with Crippen molar-refractivity contribution in [2.45, 2.75) is 19.8 Å². The Morgan fingerprint density at radius 1 is 1.25 bits per heavy atom. The van der Waals surface area contributed by atoms with Gasteiger partial charge in [-0.2, -0.15) is 0 Å². The van der Waals surface area contributed by atoms with E-state index in [1.54, 1.807) is 23.2 Å². The average molecular weight is 352 g/mol. The molecule has 2 fully saturated rings. The lowest BCUT2D eigenvalue weighted by molar-refractivity contribution is -0.137. The minimum absolute atomic E-state index is 0.102. The van der Waals surface area contributed by atoms with Crippen molar-refractivity contribution in [3.05, 3.63) is 11.6 Å². The van der Waals surface area contributed by atoms with Gasteiger partial charge in [0.25, 0.3) is 0 Å². The van der Waals surface area contributed by atoms with Gasteiger partial charge in [-0.25, -0.2) is 9.78 Å². The summed E-state index contributed by atoms with van der Waals surface area (Å²) in [6.45, 7) is 6.38. The van der Waals surface area contributed by atoms with Crippen LogP contribution in [0.25, 0.3) is 0 Å². The summed E-state index contributed by atoms with van der Waals surface area (Å²) >= 11 is 1.63. The molecule has 2 aliphatic heterocycles. The van der Waals surface area contributed by atoms with E-state index in [1.165, 1.54) is 0 Å². The Morgan fingerprint density at radius 3 is 2.71 bits per heavy atom. The maximum Gasteiger partial charge on any atom is 0.409 e. The fraction of sp³-hybridized carbons (Fsp3) is 0.688. The third-order valence-electron chi connectivity index (χ3n) is 4.58. The van der Waals surface area contributed by atoms with Gasteiger partial charge in [0.05, 0.1) is 12.5 Å². The van der Waals surface area contributed by atoms with Gasteiger partial charge < -0.3 is 19.4 Å². The minimum Gasteiger partial charge on any atom is -0.450 e. The third-order valence-corrected chi connectivity index (χ3v) is 5.41. The summed E-state index contributed by atoms with van der Waals surface area (Å²) in [5.41, 5.74) is 0. The van der Waals surface area contributed by atoms with Crippen molar-refractivity contribution in [1.29, 1.82) is 0 Å². The standard InChI is InChI=1S/C16H24N4O3S/c1-2-23-16(22)20-6-3-4-13(12-20)14(21)18-7-9-19(10-8-18)15-17-5-11-24-15/h5,11,13H,2-4,6-10,12H2,1H3. The molecule has 0 N–H and O–H groups in total. The molecule has 0 radical (unpaired) electrons. The number of amides is 2. The first kappa shape index (κ1) is 17.0. The molecule has 132 valence electrons. The van der Waals surface area contributed by atoms with E-state index < -0.39 is 0 Å². The highest BCUT2D eigenvalue weighted by Crippen LogP contribution is 2.22. The Kier molecular flexibility index (Phi) is 5.55. The smallest absolute Gasteiger partial charge is 0.409 e. The minimum atomic E-state index is -0.302. The Labute approximate surface area is 146 Å². The fourth-order valence-corrected chi connectivity index (χ4v) is 4.00. The summed E-state index contributed by atoms with van der Waals surface area (Å²) in [7, 11) is 0. The van der Waals surface area contributed by atoms with E-state index >= 15 is 0 Å². The van der Waals surface area contributed by atoms with Crippen molar-refractivity contribution in [2.75, 3.05) is 50.8 Å². The lowest BCUT2D eigenvalue weighted by atomic mass is 9.96. The van der Waals surface area contributed by atoms with Crippen molar-refractivity contribution in [1.82, 2.24) is 14.8 Å². The molecule has 2 saturated heterocycles. The van der Waals surface area contributed by atoms with Gasteiger partial charge in [0.1, 0.15) is 0 Å². The molecule has 0 bridgehead atoms. The number of nitrogens with zero attached hydrogens (tertiary/aromatic N) is 4. The van der Waals surface area contributed by atoms with Crippen molar-refractivity contribution >= 4 is 28.5 Å². The number of aromatic nitrogens is 1. The molecule has 1 aromatic rings. The van der Waals surface area contributed by atoms with Crippen LogP contribution in [0.5, 0.6) is 0 Å². The first-order chi connectivity index (χ1) is 11.7. The molecule has 8 heteroatoms.